The van der Waals surface area contributed by atoms with Crippen molar-refractivity contribution in [3.8, 4) is 22.9 Å². The molecule has 1 heterocycles. The maximum Gasteiger partial charge on any atom is 0.216 e. The minimum atomic E-state index is 0.0161. The van der Waals surface area contributed by atoms with Crippen molar-refractivity contribution in [2.24, 2.45) is 5.10 Å². The zero-order chi connectivity index (χ0) is 17.8. The Balaban J connectivity index is 2.01. The van der Waals surface area contributed by atoms with Crippen molar-refractivity contribution in [1.82, 2.24) is 14.9 Å². The second kappa shape index (κ2) is 7.50. The van der Waals surface area contributed by atoms with Crippen molar-refractivity contribution >= 4 is 30.0 Å². The molecule has 0 aliphatic heterocycles. The van der Waals surface area contributed by atoms with E-state index >= 15 is 0 Å². The standard InChI is InChI=1S/C17H15ClN4O2S/c1-2-24-14-9-5-6-11(15(14)23)10-19-22-16(20-21-17(22)25)12-7-3-4-8-13(12)18/h3-10,23H,2H2,1H3,(H,21,25)/b19-10-. The second-order valence-corrected chi connectivity index (χ2v) is 5.81. The molecule has 0 radical (unpaired) electrons. The highest BCUT2D eigenvalue weighted by Crippen LogP contribution is 2.29. The van der Waals surface area contributed by atoms with E-state index < -0.39 is 0 Å². The van der Waals surface area contributed by atoms with E-state index in [0.717, 1.165) is 0 Å². The number of benzene rings is 2. The average molecular weight is 375 g/mol. The minimum Gasteiger partial charge on any atom is -0.504 e. The van der Waals surface area contributed by atoms with Crippen LogP contribution in [0.25, 0.3) is 11.4 Å². The molecule has 0 aliphatic rings. The maximum absolute atomic E-state index is 10.3. The van der Waals surface area contributed by atoms with Crippen molar-refractivity contribution in [1.29, 1.82) is 0 Å². The number of para-hydroxylation sites is 1. The lowest BCUT2D eigenvalue weighted by Crippen LogP contribution is -1.97. The molecule has 2 aromatic carbocycles. The minimum absolute atomic E-state index is 0.0161. The molecule has 0 atom stereocenters. The van der Waals surface area contributed by atoms with E-state index in [1.807, 2.05) is 25.1 Å². The number of aromatic amines is 1. The van der Waals surface area contributed by atoms with E-state index in [9.17, 15) is 5.11 Å². The SMILES string of the molecule is CCOc1cccc(/C=N\n2c(-c3ccccc3Cl)n[nH]c2=S)c1O. The van der Waals surface area contributed by atoms with Crippen LogP contribution in [0.1, 0.15) is 12.5 Å². The van der Waals surface area contributed by atoms with Crippen LogP contribution in [0.5, 0.6) is 11.5 Å². The van der Waals surface area contributed by atoms with Crippen LogP contribution in [0.2, 0.25) is 5.02 Å². The summed E-state index contributed by atoms with van der Waals surface area (Å²) in [5.74, 6) is 0.892. The topological polar surface area (TPSA) is 75.4 Å². The Morgan fingerprint density at radius 3 is 2.88 bits per heavy atom. The zero-order valence-corrected chi connectivity index (χ0v) is 14.9. The number of aromatic nitrogens is 3. The first kappa shape index (κ1) is 17.2. The van der Waals surface area contributed by atoms with E-state index in [-0.39, 0.29) is 5.75 Å². The van der Waals surface area contributed by atoms with Gasteiger partial charge in [-0.3, -0.25) is 0 Å². The summed E-state index contributed by atoms with van der Waals surface area (Å²) in [6.45, 7) is 2.30. The fourth-order valence-corrected chi connectivity index (χ4v) is 2.65. The third-order valence-corrected chi connectivity index (χ3v) is 4.00. The fraction of sp³-hybridized carbons (Fsp3) is 0.118. The van der Waals surface area contributed by atoms with Gasteiger partial charge in [0.2, 0.25) is 4.77 Å². The third-order valence-electron chi connectivity index (χ3n) is 3.41. The zero-order valence-electron chi connectivity index (χ0n) is 13.3. The van der Waals surface area contributed by atoms with Crippen LogP contribution in [0.4, 0.5) is 0 Å². The highest BCUT2D eigenvalue weighted by molar-refractivity contribution is 7.71. The second-order valence-electron chi connectivity index (χ2n) is 5.02. The Bertz CT molecular complexity index is 981. The predicted molar refractivity (Wildman–Crippen MR) is 100 cm³/mol. The number of rotatable bonds is 5. The molecule has 1 aromatic heterocycles. The Labute approximate surface area is 154 Å². The van der Waals surface area contributed by atoms with Gasteiger partial charge in [-0.05, 0) is 43.4 Å². The summed E-state index contributed by atoms with van der Waals surface area (Å²) in [4.78, 5) is 0. The van der Waals surface area contributed by atoms with Gasteiger partial charge in [0.15, 0.2) is 17.3 Å². The van der Waals surface area contributed by atoms with Crippen LogP contribution in [0, 0.1) is 4.77 Å². The predicted octanol–water partition coefficient (Wildman–Crippen LogP) is 4.25. The Morgan fingerprint density at radius 1 is 1.32 bits per heavy atom. The van der Waals surface area contributed by atoms with Crippen molar-refractivity contribution in [2.75, 3.05) is 6.61 Å². The molecule has 2 N–H and O–H groups in total. The lowest BCUT2D eigenvalue weighted by molar-refractivity contribution is 0.318. The molecule has 3 aromatic rings. The Kier molecular flexibility index (Phi) is 5.16. The van der Waals surface area contributed by atoms with Gasteiger partial charge in [-0.15, -0.1) is 0 Å². The Morgan fingerprint density at radius 2 is 2.12 bits per heavy atom. The summed E-state index contributed by atoms with van der Waals surface area (Å²) >= 11 is 11.5. The molecule has 6 nitrogen and oxygen atoms in total. The molecule has 0 fully saturated rings. The number of hydrogen-bond acceptors (Lipinski definition) is 5. The number of phenolic OH excluding ortho intramolecular Hbond substituents is 1. The van der Waals surface area contributed by atoms with Gasteiger partial charge < -0.3 is 9.84 Å². The molecule has 25 heavy (non-hydrogen) atoms. The van der Waals surface area contributed by atoms with Crippen LogP contribution in [0.3, 0.4) is 0 Å². The number of halogens is 1. The third kappa shape index (κ3) is 3.57. The maximum atomic E-state index is 10.3. The highest BCUT2D eigenvalue weighted by Gasteiger charge is 2.12. The van der Waals surface area contributed by atoms with E-state index in [4.69, 9.17) is 28.6 Å². The van der Waals surface area contributed by atoms with Crippen molar-refractivity contribution in [2.45, 2.75) is 6.92 Å². The summed E-state index contributed by atoms with van der Waals surface area (Å²) in [6.07, 6.45) is 1.49. The van der Waals surface area contributed by atoms with Gasteiger partial charge in [-0.2, -0.15) is 14.9 Å². The van der Waals surface area contributed by atoms with E-state index in [2.05, 4.69) is 15.3 Å². The summed E-state index contributed by atoms with van der Waals surface area (Å²) in [5.41, 5.74) is 1.19. The van der Waals surface area contributed by atoms with Crippen molar-refractivity contribution in [3.05, 3.63) is 57.8 Å². The molecule has 0 bridgehead atoms. The molecule has 8 heteroatoms. The molecule has 3 rings (SSSR count). The largest absolute Gasteiger partial charge is 0.504 e. The average Bonchev–Trinajstić information content (AvgIpc) is 2.97. The molecule has 0 saturated heterocycles. The van der Waals surface area contributed by atoms with Gasteiger partial charge in [0, 0.05) is 11.1 Å². The van der Waals surface area contributed by atoms with E-state index in [1.165, 1.54) is 10.9 Å². The van der Waals surface area contributed by atoms with Crippen LogP contribution in [-0.4, -0.2) is 32.8 Å². The number of H-pyrrole nitrogens is 1. The number of aromatic hydroxyl groups is 1. The normalized spacial score (nSPS) is 11.1. The Hall–Kier alpha value is -2.64. The lowest BCUT2D eigenvalue weighted by atomic mass is 10.2. The molecule has 0 spiro atoms. The van der Waals surface area contributed by atoms with E-state index in [1.54, 1.807) is 24.3 Å². The van der Waals surface area contributed by atoms with Gasteiger partial charge in [0.1, 0.15) is 0 Å². The molecule has 0 saturated carbocycles. The van der Waals surface area contributed by atoms with Gasteiger partial charge in [-0.1, -0.05) is 29.8 Å². The van der Waals surface area contributed by atoms with Crippen molar-refractivity contribution < 1.29 is 9.84 Å². The summed E-state index contributed by atoms with van der Waals surface area (Å²) < 4.78 is 7.13. The number of phenols is 1. The van der Waals surface area contributed by atoms with Crippen LogP contribution in [0.15, 0.2) is 47.6 Å². The first-order valence-corrected chi connectivity index (χ1v) is 8.32. The van der Waals surface area contributed by atoms with Crippen LogP contribution in [-0.2, 0) is 0 Å². The quantitative estimate of drug-likeness (QED) is 0.517. The molecule has 0 unspecified atom stereocenters. The molecule has 128 valence electrons. The first-order chi connectivity index (χ1) is 12.1. The number of nitrogens with one attached hydrogen (secondary N) is 1. The lowest BCUT2D eigenvalue weighted by Gasteiger charge is -2.07. The van der Waals surface area contributed by atoms with Gasteiger partial charge in [0.25, 0.3) is 0 Å². The molecular formula is C17H15ClN4O2S. The number of nitrogens with zero attached hydrogens (tertiary/aromatic N) is 3. The summed E-state index contributed by atoms with van der Waals surface area (Å²) in [7, 11) is 0. The van der Waals surface area contributed by atoms with Crippen LogP contribution < -0.4 is 4.74 Å². The van der Waals surface area contributed by atoms with E-state index in [0.29, 0.717) is 39.1 Å². The van der Waals surface area contributed by atoms with Gasteiger partial charge in [0.05, 0.1) is 17.8 Å². The molecule has 0 amide bonds. The van der Waals surface area contributed by atoms with Crippen molar-refractivity contribution in [3.63, 3.8) is 0 Å². The summed E-state index contributed by atoms with van der Waals surface area (Å²) in [6, 6.07) is 12.5. The highest BCUT2D eigenvalue weighted by atomic mass is 35.5. The van der Waals surface area contributed by atoms with Gasteiger partial charge >= 0.3 is 0 Å². The molecule has 0 aliphatic carbocycles. The fourth-order valence-electron chi connectivity index (χ4n) is 2.25. The monoisotopic (exact) mass is 374 g/mol. The smallest absolute Gasteiger partial charge is 0.216 e. The van der Waals surface area contributed by atoms with Gasteiger partial charge in [-0.25, -0.2) is 5.10 Å². The number of ether oxygens (including phenoxy) is 1. The number of hydrogen-bond donors (Lipinski definition) is 2. The molecular weight excluding hydrogens is 360 g/mol. The summed E-state index contributed by atoms with van der Waals surface area (Å²) in [5, 5.41) is 22.0. The first-order valence-electron chi connectivity index (χ1n) is 7.53. The van der Waals surface area contributed by atoms with Crippen LogP contribution >= 0.6 is 23.8 Å².